The van der Waals surface area contributed by atoms with E-state index in [2.05, 4.69) is 0 Å². The van der Waals surface area contributed by atoms with Crippen molar-refractivity contribution < 1.29 is 0 Å². The summed E-state index contributed by atoms with van der Waals surface area (Å²) in [6.07, 6.45) is 0.790. The fourth-order valence-electron chi connectivity index (χ4n) is 1.80. The SMILES string of the molecule is Cc1ccc(Cl)cc1C(N)Cc1ccc(Cl)s1. The highest BCUT2D eigenvalue weighted by Gasteiger charge is 2.11. The van der Waals surface area contributed by atoms with Gasteiger partial charge in [0.15, 0.2) is 0 Å². The summed E-state index contributed by atoms with van der Waals surface area (Å²) in [5.74, 6) is 0. The first-order valence-corrected chi connectivity index (χ1v) is 6.89. The van der Waals surface area contributed by atoms with Crippen LogP contribution in [0.1, 0.15) is 22.0 Å². The van der Waals surface area contributed by atoms with Crippen LogP contribution in [0, 0.1) is 6.92 Å². The Hall–Kier alpha value is -0.540. The molecule has 90 valence electrons. The third kappa shape index (κ3) is 3.23. The molecule has 1 atom stereocenters. The first kappa shape index (κ1) is 12.9. The molecule has 1 aromatic heterocycles. The summed E-state index contributed by atoms with van der Waals surface area (Å²) in [5, 5.41) is 0.727. The lowest BCUT2D eigenvalue weighted by Gasteiger charge is -2.14. The maximum Gasteiger partial charge on any atom is 0.0931 e. The zero-order valence-electron chi connectivity index (χ0n) is 9.41. The Kier molecular flexibility index (Phi) is 4.10. The van der Waals surface area contributed by atoms with Gasteiger partial charge in [-0.1, -0.05) is 29.3 Å². The summed E-state index contributed by atoms with van der Waals surface area (Å²) in [7, 11) is 0. The molecule has 0 saturated carbocycles. The van der Waals surface area contributed by atoms with E-state index in [-0.39, 0.29) is 6.04 Å². The minimum Gasteiger partial charge on any atom is -0.324 e. The lowest BCUT2D eigenvalue weighted by atomic mass is 9.99. The molecule has 0 fully saturated rings. The van der Waals surface area contributed by atoms with Crippen molar-refractivity contribution in [1.29, 1.82) is 0 Å². The Morgan fingerprint density at radius 2 is 2.00 bits per heavy atom. The topological polar surface area (TPSA) is 26.0 Å². The summed E-state index contributed by atoms with van der Waals surface area (Å²) >= 11 is 13.5. The first-order chi connectivity index (χ1) is 8.06. The molecule has 1 nitrogen and oxygen atoms in total. The highest BCUT2D eigenvalue weighted by Crippen LogP contribution is 2.27. The summed E-state index contributed by atoms with van der Waals surface area (Å²) < 4.78 is 0.801. The largest absolute Gasteiger partial charge is 0.324 e. The minimum atomic E-state index is -0.0385. The third-order valence-electron chi connectivity index (χ3n) is 2.69. The van der Waals surface area contributed by atoms with Gasteiger partial charge < -0.3 is 5.73 Å². The maximum atomic E-state index is 6.21. The fraction of sp³-hybridized carbons (Fsp3) is 0.231. The summed E-state index contributed by atoms with van der Waals surface area (Å²) in [6.45, 7) is 2.05. The number of nitrogens with two attached hydrogens (primary N) is 1. The van der Waals surface area contributed by atoms with Crippen molar-refractivity contribution in [2.24, 2.45) is 5.73 Å². The van der Waals surface area contributed by atoms with Crippen LogP contribution in [0.5, 0.6) is 0 Å². The number of halogens is 2. The molecule has 1 heterocycles. The lowest BCUT2D eigenvalue weighted by molar-refractivity contribution is 0.725. The van der Waals surface area contributed by atoms with Crippen LogP contribution in [0.15, 0.2) is 30.3 Å². The van der Waals surface area contributed by atoms with Crippen LogP contribution in [-0.2, 0) is 6.42 Å². The van der Waals surface area contributed by atoms with Gasteiger partial charge in [-0.05, 0) is 42.3 Å². The van der Waals surface area contributed by atoms with Gasteiger partial charge in [0.05, 0.1) is 4.34 Å². The Labute approximate surface area is 115 Å². The van der Waals surface area contributed by atoms with E-state index in [0.29, 0.717) is 0 Å². The van der Waals surface area contributed by atoms with E-state index < -0.39 is 0 Å². The molecule has 0 aliphatic heterocycles. The van der Waals surface area contributed by atoms with Crippen molar-refractivity contribution in [1.82, 2.24) is 0 Å². The number of hydrogen-bond acceptors (Lipinski definition) is 2. The van der Waals surface area contributed by atoms with Crippen LogP contribution in [0.3, 0.4) is 0 Å². The minimum absolute atomic E-state index is 0.0385. The molecule has 4 heteroatoms. The monoisotopic (exact) mass is 285 g/mol. The molecule has 17 heavy (non-hydrogen) atoms. The van der Waals surface area contributed by atoms with Crippen LogP contribution >= 0.6 is 34.5 Å². The molecule has 2 N–H and O–H groups in total. The average molecular weight is 286 g/mol. The van der Waals surface area contributed by atoms with Crippen LogP contribution in [0.2, 0.25) is 9.36 Å². The number of aryl methyl sites for hydroxylation is 1. The van der Waals surface area contributed by atoms with Gasteiger partial charge in [0.1, 0.15) is 0 Å². The second-order valence-electron chi connectivity index (χ2n) is 4.02. The van der Waals surface area contributed by atoms with Gasteiger partial charge in [-0.15, -0.1) is 11.3 Å². The molecule has 1 aromatic carbocycles. The van der Waals surface area contributed by atoms with Crippen molar-refractivity contribution in [3.63, 3.8) is 0 Å². The summed E-state index contributed by atoms with van der Waals surface area (Å²) in [4.78, 5) is 1.20. The summed E-state index contributed by atoms with van der Waals surface area (Å²) in [5.41, 5.74) is 8.48. The van der Waals surface area contributed by atoms with Gasteiger partial charge in [0.25, 0.3) is 0 Å². The Balaban J connectivity index is 2.19. The molecule has 0 spiro atoms. The second-order valence-corrected chi connectivity index (χ2v) is 6.25. The van der Waals surface area contributed by atoms with Crippen LogP contribution in [0.25, 0.3) is 0 Å². The molecule has 0 saturated heterocycles. The van der Waals surface area contributed by atoms with E-state index in [9.17, 15) is 0 Å². The first-order valence-electron chi connectivity index (χ1n) is 5.32. The number of rotatable bonds is 3. The van der Waals surface area contributed by atoms with E-state index >= 15 is 0 Å². The number of thiophene rings is 1. The molecule has 0 bridgehead atoms. The van der Waals surface area contributed by atoms with Crippen molar-refractivity contribution in [3.05, 3.63) is 55.7 Å². The normalized spacial score (nSPS) is 12.7. The Morgan fingerprint density at radius 1 is 1.24 bits per heavy atom. The number of benzene rings is 1. The number of hydrogen-bond donors (Lipinski definition) is 1. The predicted octanol–water partition coefficient (Wildman–Crippen LogP) is 4.61. The molecule has 0 aliphatic rings. The average Bonchev–Trinajstić information content (AvgIpc) is 2.67. The van der Waals surface area contributed by atoms with E-state index in [1.165, 1.54) is 10.4 Å². The van der Waals surface area contributed by atoms with E-state index in [0.717, 1.165) is 21.3 Å². The van der Waals surface area contributed by atoms with Gasteiger partial charge in [-0.2, -0.15) is 0 Å². The molecule has 1 unspecified atom stereocenters. The van der Waals surface area contributed by atoms with Crippen LogP contribution < -0.4 is 5.73 Å². The van der Waals surface area contributed by atoms with E-state index in [4.69, 9.17) is 28.9 Å². The van der Waals surface area contributed by atoms with Gasteiger partial charge in [0, 0.05) is 22.4 Å². The fourth-order valence-corrected chi connectivity index (χ4v) is 3.13. The van der Waals surface area contributed by atoms with Gasteiger partial charge in [-0.25, -0.2) is 0 Å². The highest BCUT2D eigenvalue weighted by molar-refractivity contribution is 7.16. The molecular formula is C13H13Cl2NS. The lowest BCUT2D eigenvalue weighted by Crippen LogP contribution is -2.14. The molecule has 2 rings (SSSR count). The Bertz CT molecular complexity index is 522. The van der Waals surface area contributed by atoms with Crippen molar-refractivity contribution in [2.75, 3.05) is 0 Å². The van der Waals surface area contributed by atoms with Gasteiger partial charge >= 0.3 is 0 Å². The van der Waals surface area contributed by atoms with E-state index in [1.54, 1.807) is 11.3 Å². The van der Waals surface area contributed by atoms with Gasteiger partial charge in [-0.3, -0.25) is 0 Å². The summed E-state index contributed by atoms with van der Waals surface area (Å²) in [6, 6.07) is 9.71. The van der Waals surface area contributed by atoms with Crippen molar-refractivity contribution >= 4 is 34.5 Å². The predicted molar refractivity (Wildman–Crippen MR) is 76.2 cm³/mol. The highest BCUT2D eigenvalue weighted by atomic mass is 35.5. The second kappa shape index (κ2) is 5.40. The molecule has 0 amide bonds. The Morgan fingerprint density at radius 3 is 2.65 bits per heavy atom. The molecule has 2 aromatic rings. The van der Waals surface area contributed by atoms with Crippen LogP contribution in [-0.4, -0.2) is 0 Å². The van der Waals surface area contributed by atoms with Crippen molar-refractivity contribution in [2.45, 2.75) is 19.4 Å². The smallest absolute Gasteiger partial charge is 0.0931 e. The van der Waals surface area contributed by atoms with Gasteiger partial charge in [0.2, 0.25) is 0 Å². The maximum absolute atomic E-state index is 6.21. The standard InChI is InChI=1S/C13H13Cl2NS/c1-8-2-3-9(14)6-11(8)12(16)7-10-4-5-13(15)17-10/h2-6,12H,7,16H2,1H3. The molecule has 0 radical (unpaired) electrons. The zero-order valence-corrected chi connectivity index (χ0v) is 11.7. The quantitative estimate of drug-likeness (QED) is 0.876. The molecule has 0 aliphatic carbocycles. The van der Waals surface area contributed by atoms with Crippen LogP contribution in [0.4, 0.5) is 0 Å². The zero-order chi connectivity index (χ0) is 12.4. The van der Waals surface area contributed by atoms with Crippen molar-refractivity contribution in [3.8, 4) is 0 Å². The molecular weight excluding hydrogens is 273 g/mol. The van der Waals surface area contributed by atoms with E-state index in [1.807, 2.05) is 37.3 Å². The third-order valence-corrected chi connectivity index (χ3v) is 4.18.